The van der Waals surface area contributed by atoms with Crippen molar-refractivity contribution in [3.63, 3.8) is 0 Å². The van der Waals surface area contributed by atoms with E-state index in [2.05, 4.69) is 17.1 Å². The van der Waals surface area contributed by atoms with Crippen LogP contribution in [0.25, 0.3) is 0 Å². The van der Waals surface area contributed by atoms with Gasteiger partial charge in [-0.1, -0.05) is 19.8 Å². The Hall–Kier alpha value is -0.650. The molecule has 1 heterocycles. The lowest BCUT2D eigenvalue weighted by atomic mass is 9.91. The summed E-state index contributed by atoms with van der Waals surface area (Å²) in [6.45, 7) is 5.34. The number of ether oxygens (including phenoxy) is 1. The van der Waals surface area contributed by atoms with Crippen LogP contribution in [0.1, 0.15) is 32.6 Å². The van der Waals surface area contributed by atoms with E-state index in [0.717, 1.165) is 32.4 Å². The van der Waals surface area contributed by atoms with Gasteiger partial charge in [0.1, 0.15) is 6.10 Å². The number of likely N-dealkylation sites (N-methyl/N-ethyl adjacent to an activating group) is 1. The summed E-state index contributed by atoms with van der Waals surface area (Å²) >= 11 is 0. The number of nitrogens with one attached hydrogen (secondary N) is 1. The minimum atomic E-state index is -0.326. The van der Waals surface area contributed by atoms with Gasteiger partial charge in [0.2, 0.25) is 0 Å². The molecule has 3 N–H and O–H groups in total. The fourth-order valence-corrected chi connectivity index (χ4v) is 2.76. The molecule has 2 aliphatic rings. The lowest BCUT2D eigenvalue weighted by Crippen LogP contribution is -2.55. The molecule has 0 radical (unpaired) electrons. The van der Waals surface area contributed by atoms with Gasteiger partial charge in [0.15, 0.2) is 0 Å². The summed E-state index contributed by atoms with van der Waals surface area (Å²) in [5.41, 5.74) is 6.04. The molecule has 0 aromatic carbocycles. The molecule has 0 unspecified atom stereocenters. The molecule has 104 valence electrons. The SMILES string of the molecule is CCN1CCO[C@@H](C(=O)N[C@@H]2CCCC[C@H]2N)C1. The molecule has 0 aromatic rings. The van der Waals surface area contributed by atoms with Gasteiger partial charge >= 0.3 is 0 Å². The van der Waals surface area contributed by atoms with Crippen molar-refractivity contribution in [3.8, 4) is 0 Å². The monoisotopic (exact) mass is 255 g/mol. The Morgan fingerprint density at radius 3 is 2.94 bits per heavy atom. The van der Waals surface area contributed by atoms with E-state index < -0.39 is 0 Å². The van der Waals surface area contributed by atoms with Crippen LogP contribution in [0.5, 0.6) is 0 Å². The Labute approximate surface area is 109 Å². The fourth-order valence-electron chi connectivity index (χ4n) is 2.76. The van der Waals surface area contributed by atoms with Crippen LogP contribution in [0.3, 0.4) is 0 Å². The third-order valence-electron chi connectivity index (χ3n) is 4.04. The summed E-state index contributed by atoms with van der Waals surface area (Å²) in [7, 11) is 0. The fraction of sp³-hybridized carbons (Fsp3) is 0.923. The van der Waals surface area contributed by atoms with Crippen molar-refractivity contribution >= 4 is 5.91 Å². The summed E-state index contributed by atoms with van der Waals surface area (Å²) in [6, 6.07) is 0.237. The van der Waals surface area contributed by atoms with Crippen LogP contribution in [0.4, 0.5) is 0 Å². The number of carbonyl (C=O) groups excluding carboxylic acids is 1. The van der Waals surface area contributed by atoms with Gasteiger partial charge in [0.25, 0.3) is 5.91 Å². The molecule has 1 amide bonds. The topological polar surface area (TPSA) is 67.6 Å². The van der Waals surface area contributed by atoms with Crippen LogP contribution < -0.4 is 11.1 Å². The molecular formula is C13H25N3O2. The van der Waals surface area contributed by atoms with Gasteiger partial charge in [-0.25, -0.2) is 0 Å². The average Bonchev–Trinajstić information content (AvgIpc) is 2.41. The largest absolute Gasteiger partial charge is 0.366 e. The van der Waals surface area contributed by atoms with Gasteiger partial charge in [-0.15, -0.1) is 0 Å². The third kappa shape index (κ3) is 3.43. The zero-order valence-corrected chi connectivity index (χ0v) is 11.2. The number of morpholine rings is 1. The summed E-state index contributed by atoms with van der Waals surface area (Å²) in [6.07, 6.45) is 4.02. The number of rotatable bonds is 3. The molecule has 1 aliphatic carbocycles. The maximum Gasteiger partial charge on any atom is 0.250 e. The first-order chi connectivity index (χ1) is 8.70. The summed E-state index contributed by atoms with van der Waals surface area (Å²) < 4.78 is 5.55. The molecule has 5 nitrogen and oxygen atoms in total. The Kier molecular flexibility index (Phi) is 4.97. The van der Waals surface area contributed by atoms with Gasteiger partial charge < -0.3 is 15.8 Å². The van der Waals surface area contributed by atoms with E-state index in [0.29, 0.717) is 13.2 Å². The average molecular weight is 255 g/mol. The number of nitrogens with two attached hydrogens (primary N) is 1. The lowest BCUT2D eigenvalue weighted by Gasteiger charge is -2.34. The first kappa shape index (κ1) is 13.8. The summed E-state index contributed by atoms with van der Waals surface area (Å²) in [5.74, 6) is 0.00972. The summed E-state index contributed by atoms with van der Waals surface area (Å²) in [5, 5.41) is 3.07. The van der Waals surface area contributed by atoms with Crippen LogP contribution >= 0.6 is 0 Å². The van der Waals surface area contributed by atoms with Crippen molar-refractivity contribution in [3.05, 3.63) is 0 Å². The van der Waals surface area contributed by atoms with E-state index in [9.17, 15) is 4.79 Å². The van der Waals surface area contributed by atoms with Crippen LogP contribution in [-0.2, 0) is 9.53 Å². The number of nitrogens with zero attached hydrogens (tertiary/aromatic N) is 1. The number of hydrogen-bond acceptors (Lipinski definition) is 4. The predicted molar refractivity (Wildman–Crippen MR) is 70.2 cm³/mol. The van der Waals surface area contributed by atoms with Gasteiger partial charge in [0.05, 0.1) is 6.61 Å². The highest BCUT2D eigenvalue weighted by Gasteiger charge is 2.30. The second-order valence-electron chi connectivity index (χ2n) is 5.32. The van der Waals surface area contributed by atoms with E-state index in [1.807, 2.05) is 0 Å². The first-order valence-corrected chi connectivity index (χ1v) is 7.10. The van der Waals surface area contributed by atoms with Crippen molar-refractivity contribution in [2.24, 2.45) is 5.73 Å². The quantitative estimate of drug-likeness (QED) is 0.750. The highest BCUT2D eigenvalue weighted by molar-refractivity contribution is 5.81. The molecule has 0 bridgehead atoms. The molecule has 5 heteroatoms. The Morgan fingerprint density at radius 1 is 1.44 bits per heavy atom. The molecule has 18 heavy (non-hydrogen) atoms. The lowest BCUT2D eigenvalue weighted by molar-refractivity contribution is -0.139. The summed E-state index contributed by atoms with van der Waals surface area (Å²) in [4.78, 5) is 14.4. The Bertz CT molecular complexity index is 285. The molecule has 3 atom stereocenters. The second kappa shape index (κ2) is 6.50. The number of amides is 1. The molecule has 1 aliphatic heterocycles. The van der Waals surface area contributed by atoms with Crippen molar-refractivity contribution in [2.45, 2.75) is 50.8 Å². The van der Waals surface area contributed by atoms with Crippen molar-refractivity contribution in [1.29, 1.82) is 0 Å². The molecular weight excluding hydrogens is 230 g/mol. The number of hydrogen-bond donors (Lipinski definition) is 2. The maximum atomic E-state index is 12.2. The van der Waals surface area contributed by atoms with Crippen molar-refractivity contribution in [1.82, 2.24) is 10.2 Å². The minimum absolute atomic E-state index is 0.00972. The Morgan fingerprint density at radius 2 is 2.22 bits per heavy atom. The normalized spacial score (nSPS) is 34.2. The van der Waals surface area contributed by atoms with E-state index in [4.69, 9.17) is 10.5 Å². The maximum absolute atomic E-state index is 12.2. The van der Waals surface area contributed by atoms with E-state index in [1.165, 1.54) is 6.42 Å². The number of carbonyl (C=O) groups is 1. The molecule has 2 rings (SSSR count). The van der Waals surface area contributed by atoms with Gasteiger partial charge in [-0.05, 0) is 19.4 Å². The van der Waals surface area contributed by atoms with Crippen LogP contribution in [0.15, 0.2) is 0 Å². The molecule has 2 fully saturated rings. The van der Waals surface area contributed by atoms with Gasteiger partial charge in [-0.3, -0.25) is 9.69 Å². The zero-order chi connectivity index (χ0) is 13.0. The Balaban J connectivity index is 1.83. The third-order valence-corrected chi connectivity index (χ3v) is 4.04. The van der Waals surface area contributed by atoms with Crippen LogP contribution in [-0.4, -0.2) is 55.2 Å². The molecule has 0 spiro atoms. The zero-order valence-electron chi connectivity index (χ0n) is 11.2. The standard InChI is InChI=1S/C13H25N3O2/c1-2-16-7-8-18-12(9-16)13(17)15-11-6-4-3-5-10(11)14/h10-12H,2-9,14H2,1H3,(H,15,17)/t10-,11-,12-/m1/s1. The van der Waals surface area contributed by atoms with Crippen molar-refractivity contribution < 1.29 is 9.53 Å². The molecule has 0 aromatic heterocycles. The van der Waals surface area contributed by atoms with Crippen LogP contribution in [0, 0.1) is 0 Å². The molecule has 1 saturated carbocycles. The smallest absolute Gasteiger partial charge is 0.250 e. The van der Waals surface area contributed by atoms with Crippen molar-refractivity contribution in [2.75, 3.05) is 26.2 Å². The van der Waals surface area contributed by atoms with Gasteiger partial charge in [-0.2, -0.15) is 0 Å². The second-order valence-corrected chi connectivity index (χ2v) is 5.32. The highest BCUT2D eigenvalue weighted by atomic mass is 16.5. The molecule has 1 saturated heterocycles. The van der Waals surface area contributed by atoms with Crippen LogP contribution in [0.2, 0.25) is 0 Å². The first-order valence-electron chi connectivity index (χ1n) is 7.10. The van der Waals surface area contributed by atoms with E-state index >= 15 is 0 Å². The highest BCUT2D eigenvalue weighted by Crippen LogP contribution is 2.17. The van der Waals surface area contributed by atoms with E-state index in [1.54, 1.807) is 0 Å². The van der Waals surface area contributed by atoms with E-state index in [-0.39, 0.29) is 24.1 Å². The minimum Gasteiger partial charge on any atom is -0.366 e. The van der Waals surface area contributed by atoms with Gasteiger partial charge in [0, 0.05) is 25.2 Å². The predicted octanol–water partition coefficient (Wildman–Crippen LogP) is 0.0932.